The maximum atomic E-state index is 0. The van der Waals surface area contributed by atoms with E-state index in [2.05, 4.69) is 0 Å². The molecule has 20 valence electrons. The van der Waals surface area contributed by atoms with Crippen LogP contribution in [-0.2, 0) is 26.2 Å². The fraction of sp³-hybridized carbons (Fsp3) is 0. The van der Waals surface area contributed by atoms with E-state index in [0.29, 0.717) is 0 Å². The SMILES string of the molecule is [H-].[H-].[La].[Sr+2].[Tb].[Zr]. The van der Waals surface area contributed by atoms with Gasteiger partial charge in [0.2, 0.25) is 0 Å². The Balaban J connectivity index is 0. The molecule has 4 heavy (non-hydrogen) atoms. The van der Waals surface area contributed by atoms with Crippen LogP contribution in [0.5, 0.6) is 0 Å². The van der Waals surface area contributed by atoms with Crippen molar-refractivity contribution < 1.29 is 103 Å². The van der Waals surface area contributed by atoms with Crippen molar-refractivity contribution in [2.24, 2.45) is 0 Å². The Morgan fingerprint density at radius 1 is 1.25 bits per heavy atom. The molecule has 0 saturated carbocycles. The minimum absolute atomic E-state index is 0. The standard InChI is InChI=1S/La.Sr.Tb.Zr.2H/q;+2;;;2*-1. The normalized spacial score (nSPS) is 0. The molecule has 0 aromatic rings. The van der Waals surface area contributed by atoms with Crippen molar-refractivity contribution in [2.75, 3.05) is 0 Å². The third-order valence-electron chi connectivity index (χ3n) is 0. The van der Waals surface area contributed by atoms with E-state index in [9.17, 15) is 0 Å². The summed E-state index contributed by atoms with van der Waals surface area (Å²) in [6.07, 6.45) is 0. The van der Waals surface area contributed by atoms with E-state index >= 15 is 0 Å². The van der Waals surface area contributed by atoms with E-state index in [1.165, 1.54) is 0 Å². The molecule has 0 unspecified atom stereocenters. The molecule has 0 spiro atoms. The van der Waals surface area contributed by atoms with Crippen molar-refractivity contribution in [1.82, 2.24) is 0 Å². The second-order valence-electron chi connectivity index (χ2n) is 0. The van der Waals surface area contributed by atoms with Gasteiger partial charge in [-0.05, 0) is 0 Å². The van der Waals surface area contributed by atoms with Crippen LogP contribution >= 0.6 is 0 Å². The van der Waals surface area contributed by atoms with Gasteiger partial charge >= 0.3 is 45.5 Å². The first-order valence-corrected chi connectivity index (χ1v) is 0. The molecule has 0 rings (SSSR count). The van der Waals surface area contributed by atoms with Crippen LogP contribution in [-0.4, -0.2) is 45.5 Å². The van der Waals surface area contributed by atoms with Gasteiger partial charge in [-0.1, -0.05) is 0 Å². The molecular weight excluding hydrogens is 477 g/mol. The van der Waals surface area contributed by atoms with E-state index in [1.54, 1.807) is 0 Å². The summed E-state index contributed by atoms with van der Waals surface area (Å²) in [4.78, 5) is 0. The Kier molecular flexibility index (Phi) is 90.8. The predicted molar refractivity (Wildman–Crippen MR) is 7.98 cm³/mol. The summed E-state index contributed by atoms with van der Waals surface area (Å²) in [6, 6.07) is 0. The summed E-state index contributed by atoms with van der Waals surface area (Å²) in [5.74, 6) is 0. The maximum Gasteiger partial charge on any atom is 2.00 e. The third-order valence-corrected chi connectivity index (χ3v) is 0. The van der Waals surface area contributed by atoms with Gasteiger partial charge in [0.05, 0.1) is 0 Å². The zero-order valence-electron chi connectivity index (χ0n) is 4.12. The number of hydrogen-bond donors (Lipinski definition) is 0. The van der Waals surface area contributed by atoms with Crippen molar-refractivity contribution in [3.8, 4) is 0 Å². The van der Waals surface area contributed by atoms with Gasteiger partial charge in [-0.3, -0.25) is 0 Å². The van der Waals surface area contributed by atoms with Gasteiger partial charge < -0.3 is 2.85 Å². The van der Waals surface area contributed by atoms with E-state index < -0.39 is 0 Å². The number of rotatable bonds is 0. The van der Waals surface area contributed by atoms with Crippen LogP contribution in [0.2, 0.25) is 0 Å². The topological polar surface area (TPSA) is 0 Å². The molecule has 0 aromatic carbocycles. The Bertz CT molecular complexity index is 13.5. The zero-order valence-corrected chi connectivity index (χ0v) is 13.8. The van der Waals surface area contributed by atoms with Crippen molar-refractivity contribution in [3.63, 3.8) is 0 Å². The minimum Gasteiger partial charge on any atom is -1.00 e. The molecule has 2 radical (unpaired) electrons. The fourth-order valence-electron chi connectivity index (χ4n) is 0. The molecule has 0 aromatic heterocycles. The van der Waals surface area contributed by atoms with Gasteiger partial charge in [0.15, 0.2) is 0 Å². The maximum absolute atomic E-state index is 0. The molecule has 0 N–H and O–H groups in total. The summed E-state index contributed by atoms with van der Waals surface area (Å²) < 4.78 is 0. The van der Waals surface area contributed by atoms with E-state index in [0.717, 1.165) is 0 Å². The first kappa shape index (κ1) is 23.2. The first-order chi connectivity index (χ1) is 0. The molecule has 0 bridgehead atoms. The molecule has 4 heteroatoms. The van der Waals surface area contributed by atoms with E-state index in [4.69, 9.17) is 0 Å². The van der Waals surface area contributed by atoms with Crippen LogP contribution in [0.25, 0.3) is 0 Å². The average Bonchev–Trinajstić information content (AvgIpc) is 0. The van der Waals surface area contributed by atoms with E-state index in [-0.39, 0.29) is 149 Å². The van der Waals surface area contributed by atoms with Crippen LogP contribution in [0.3, 0.4) is 0 Å². The van der Waals surface area contributed by atoms with Gasteiger partial charge in [0.25, 0.3) is 0 Å². The minimum atomic E-state index is 0. The Morgan fingerprint density at radius 2 is 1.25 bits per heavy atom. The molecular formula is H2LaSrTbZr. The zero-order chi connectivity index (χ0) is 0. The molecule has 0 aliphatic carbocycles. The molecule has 0 heterocycles. The van der Waals surface area contributed by atoms with Gasteiger partial charge in [0.1, 0.15) is 0 Å². The Morgan fingerprint density at radius 3 is 1.25 bits per heavy atom. The Labute approximate surface area is 144 Å². The third kappa shape index (κ3) is 9.96. The van der Waals surface area contributed by atoms with Gasteiger partial charge in [-0.25, -0.2) is 0 Å². The smallest absolute Gasteiger partial charge is 1.00 e. The van der Waals surface area contributed by atoms with Gasteiger partial charge in [-0.2, -0.15) is 0 Å². The number of hydrogen-bond acceptors (Lipinski definition) is 0. The van der Waals surface area contributed by atoms with Crippen molar-refractivity contribution >= 4 is 45.5 Å². The second-order valence-corrected chi connectivity index (χ2v) is 0. The summed E-state index contributed by atoms with van der Waals surface area (Å²) in [5.41, 5.74) is 0. The molecule has 0 aliphatic rings. The summed E-state index contributed by atoms with van der Waals surface area (Å²) in [6.45, 7) is 0. The van der Waals surface area contributed by atoms with Crippen molar-refractivity contribution in [3.05, 3.63) is 0 Å². The second kappa shape index (κ2) is 15.7. The largest absolute Gasteiger partial charge is 2.00 e. The van der Waals surface area contributed by atoms with Crippen LogP contribution in [0.4, 0.5) is 0 Å². The Hall–Kier alpha value is 4.84. The predicted octanol–water partition coefficient (Wildman–Crippen LogP) is -0.158. The molecule has 0 nitrogen and oxygen atoms in total. The molecule has 0 fully saturated rings. The van der Waals surface area contributed by atoms with Gasteiger partial charge in [0, 0.05) is 100 Å². The monoisotopic (exact) mass is 478 g/mol. The van der Waals surface area contributed by atoms with Crippen LogP contribution in [0.1, 0.15) is 2.85 Å². The molecule has 0 aliphatic heterocycles. The summed E-state index contributed by atoms with van der Waals surface area (Å²) in [7, 11) is 0. The summed E-state index contributed by atoms with van der Waals surface area (Å²) >= 11 is 0. The van der Waals surface area contributed by atoms with Crippen LogP contribution in [0.15, 0.2) is 0 Å². The van der Waals surface area contributed by atoms with Crippen molar-refractivity contribution in [1.29, 1.82) is 0 Å². The molecule has 0 saturated heterocycles. The first-order valence-electron chi connectivity index (χ1n) is 0. The van der Waals surface area contributed by atoms with Gasteiger partial charge in [-0.15, -0.1) is 0 Å². The molecule has 0 amide bonds. The quantitative estimate of drug-likeness (QED) is 0.425. The van der Waals surface area contributed by atoms with Crippen molar-refractivity contribution in [2.45, 2.75) is 0 Å². The average molecular weight is 479 g/mol. The van der Waals surface area contributed by atoms with E-state index in [1.807, 2.05) is 0 Å². The summed E-state index contributed by atoms with van der Waals surface area (Å²) in [5, 5.41) is 0. The van der Waals surface area contributed by atoms with Crippen LogP contribution < -0.4 is 0 Å². The van der Waals surface area contributed by atoms with Crippen LogP contribution in [0, 0.1) is 74.2 Å². The molecule has 0 atom stereocenters. The fourth-order valence-corrected chi connectivity index (χ4v) is 0.